The van der Waals surface area contributed by atoms with Crippen LogP contribution in [0.4, 0.5) is 0 Å². The topological polar surface area (TPSA) is 115 Å². The highest BCUT2D eigenvalue weighted by Crippen LogP contribution is 2.38. The number of Topliss-reactive ketones (excluding diaryl/α,β-unsaturated/α-hetero) is 4. The number of nitrogens with zero attached hydrogens (tertiary/aromatic N) is 2. The Morgan fingerprint density at radius 2 is 0.853 bits per heavy atom. The Morgan fingerprint density at radius 3 is 1.15 bits per heavy atom. The van der Waals surface area contributed by atoms with Gasteiger partial charge in [-0.25, -0.2) is 0 Å². The van der Waals surface area contributed by atoms with Crippen LogP contribution in [0.25, 0.3) is 0 Å². The average molecular weight is 460 g/mol. The zero-order valence-corrected chi connectivity index (χ0v) is 18.9. The molecule has 2 N–H and O–H groups in total. The zero-order valence-electron chi connectivity index (χ0n) is 18.9. The first-order valence-corrected chi connectivity index (χ1v) is 10.8. The average Bonchev–Trinajstić information content (AvgIpc) is 2.83. The molecule has 34 heavy (non-hydrogen) atoms. The van der Waals surface area contributed by atoms with Crippen LogP contribution in [-0.4, -0.2) is 83.5 Å². The molecule has 8 heteroatoms. The number of hydrogen-bond donors (Lipinski definition) is 2. The third-order valence-electron chi connectivity index (χ3n) is 6.07. The van der Waals surface area contributed by atoms with Gasteiger partial charge in [0.2, 0.25) is 11.6 Å². The monoisotopic (exact) mass is 460 g/mol. The summed E-state index contributed by atoms with van der Waals surface area (Å²) >= 11 is 0. The highest BCUT2D eigenvalue weighted by molar-refractivity contribution is 6.36. The van der Waals surface area contributed by atoms with Gasteiger partial charge < -0.3 is 20.0 Å². The van der Waals surface area contributed by atoms with E-state index in [-0.39, 0.29) is 71.1 Å². The van der Waals surface area contributed by atoms with Crippen molar-refractivity contribution in [2.45, 2.75) is 0 Å². The van der Waals surface area contributed by atoms with Crippen molar-refractivity contribution in [3.05, 3.63) is 93.3 Å². The highest BCUT2D eigenvalue weighted by atomic mass is 16.3. The SMILES string of the molecule is CN(CCO)C1=C(C2=C(N(C)CCO)C(=O)c3ccccc3C2=O)C(=O)c2ccccc2C1=O. The first-order valence-electron chi connectivity index (χ1n) is 10.8. The predicted octanol–water partition coefficient (Wildman–Crippen LogP) is 1.50. The molecule has 174 valence electrons. The van der Waals surface area contributed by atoms with Crippen molar-refractivity contribution in [1.82, 2.24) is 9.80 Å². The van der Waals surface area contributed by atoms with E-state index < -0.39 is 23.1 Å². The predicted molar refractivity (Wildman–Crippen MR) is 124 cm³/mol. The van der Waals surface area contributed by atoms with Gasteiger partial charge in [-0.05, 0) is 0 Å². The van der Waals surface area contributed by atoms with Crippen LogP contribution >= 0.6 is 0 Å². The molecule has 0 saturated carbocycles. The van der Waals surface area contributed by atoms with Gasteiger partial charge in [0.05, 0.1) is 35.8 Å². The third-order valence-corrected chi connectivity index (χ3v) is 6.07. The molecule has 0 fully saturated rings. The van der Waals surface area contributed by atoms with Gasteiger partial charge in [-0.3, -0.25) is 19.2 Å². The molecular weight excluding hydrogens is 436 g/mol. The Labute approximate surface area is 196 Å². The van der Waals surface area contributed by atoms with Crippen LogP contribution in [0.3, 0.4) is 0 Å². The van der Waals surface area contributed by atoms with Crippen molar-refractivity contribution in [3.63, 3.8) is 0 Å². The van der Waals surface area contributed by atoms with E-state index in [1.54, 1.807) is 38.4 Å². The molecule has 8 nitrogen and oxygen atoms in total. The van der Waals surface area contributed by atoms with E-state index in [4.69, 9.17) is 0 Å². The lowest BCUT2D eigenvalue weighted by molar-refractivity contribution is 0.0919. The maximum absolute atomic E-state index is 13.8. The van der Waals surface area contributed by atoms with E-state index in [1.165, 1.54) is 34.1 Å². The number of allylic oxidation sites excluding steroid dienone is 4. The molecule has 0 aliphatic heterocycles. The van der Waals surface area contributed by atoms with Gasteiger partial charge in [0.1, 0.15) is 0 Å². The second kappa shape index (κ2) is 9.17. The molecule has 0 amide bonds. The number of carbonyl (C=O) groups excluding carboxylic acids is 4. The lowest BCUT2D eigenvalue weighted by atomic mass is 9.76. The molecule has 0 radical (unpaired) electrons. The highest BCUT2D eigenvalue weighted by Gasteiger charge is 2.43. The Hall–Kier alpha value is -3.88. The molecule has 0 bridgehead atoms. The Balaban J connectivity index is 2.09. The van der Waals surface area contributed by atoms with Gasteiger partial charge in [-0.15, -0.1) is 0 Å². The summed E-state index contributed by atoms with van der Waals surface area (Å²) in [6.07, 6.45) is 0. The Bertz CT molecular complexity index is 1190. The minimum Gasteiger partial charge on any atom is -0.395 e. The molecule has 0 heterocycles. The van der Waals surface area contributed by atoms with E-state index >= 15 is 0 Å². The Kier molecular flexibility index (Phi) is 6.28. The molecule has 0 spiro atoms. The molecule has 0 aromatic heterocycles. The van der Waals surface area contributed by atoms with Crippen LogP contribution in [-0.2, 0) is 0 Å². The molecule has 0 unspecified atom stereocenters. The van der Waals surface area contributed by atoms with E-state index in [0.29, 0.717) is 0 Å². The number of benzene rings is 2. The summed E-state index contributed by atoms with van der Waals surface area (Å²) in [6, 6.07) is 12.6. The van der Waals surface area contributed by atoms with E-state index in [1.807, 2.05) is 0 Å². The second-order valence-corrected chi connectivity index (χ2v) is 8.15. The van der Waals surface area contributed by atoms with Crippen LogP contribution in [0.1, 0.15) is 41.4 Å². The van der Waals surface area contributed by atoms with Gasteiger partial charge in [-0.2, -0.15) is 0 Å². The molecule has 0 atom stereocenters. The summed E-state index contributed by atoms with van der Waals surface area (Å²) in [6.45, 7) is -0.507. The lowest BCUT2D eigenvalue weighted by Crippen LogP contribution is -2.39. The molecule has 2 aromatic rings. The van der Waals surface area contributed by atoms with Gasteiger partial charge in [0.15, 0.2) is 11.6 Å². The first kappa shape index (κ1) is 23.3. The summed E-state index contributed by atoms with van der Waals surface area (Å²) in [5.74, 6) is -2.06. The number of aliphatic hydroxyl groups is 2. The summed E-state index contributed by atoms with van der Waals surface area (Å²) < 4.78 is 0. The fourth-order valence-corrected chi connectivity index (χ4v) is 4.44. The minimum absolute atomic E-state index is 0.0356. The maximum atomic E-state index is 13.8. The van der Waals surface area contributed by atoms with Gasteiger partial charge >= 0.3 is 0 Å². The van der Waals surface area contributed by atoms with Crippen LogP contribution in [0, 0.1) is 0 Å². The van der Waals surface area contributed by atoms with Crippen LogP contribution < -0.4 is 0 Å². The third kappa shape index (κ3) is 3.57. The van der Waals surface area contributed by atoms with Crippen molar-refractivity contribution < 1.29 is 29.4 Å². The fourth-order valence-electron chi connectivity index (χ4n) is 4.44. The Morgan fingerprint density at radius 1 is 0.559 bits per heavy atom. The number of fused-ring (bicyclic) bond motifs is 2. The molecule has 4 rings (SSSR count). The quantitative estimate of drug-likeness (QED) is 0.639. The largest absolute Gasteiger partial charge is 0.395 e. The number of carbonyl (C=O) groups is 4. The summed E-state index contributed by atoms with van der Waals surface area (Å²) in [4.78, 5) is 57.6. The summed E-state index contributed by atoms with van der Waals surface area (Å²) in [7, 11) is 3.09. The van der Waals surface area contributed by atoms with Gasteiger partial charge in [0, 0.05) is 49.4 Å². The molecule has 2 aliphatic carbocycles. The van der Waals surface area contributed by atoms with Crippen molar-refractivity contribution in [3.8, 4) is 0 Å². The minimum atomic E-state index is -0.555. The smallest absolute Gasteiger partial charge is 0.210 e. The molecule has 2 aliphatic rings. The number of aliphatic hydroxyl groups excluding tert-OH is 2. The van der Waals surface area contributed by atoms with Gasteiger partial charge in [-0.1, -0.05) is 48.5 Å². The van der Waals surface area contributed by atoms with Crippen molar-refractivity contribution in [1.29, 1.82) is 0 Å². The van der Waals surface area contributed by atoms with Crippen molar-refractivity contribution >= 4 is 23.1 Å². The van der Waals surface area contributed by atoms with E-state index in [2.05, 4.69) is 0 Å². The summed E-state index contributed by atoms with van der Waals surface area (Å²) in [5.41, 5.74) is 0.207. The maximum Gasteiger partial charge on any atom is 0.210 e. The van der Waals surface area contributed by atoms with E-state index in [0.717, 1.165) is 0 Å². The molecular formula is C26H24N2O6. The van der Waals surface area contributed by atoms with Crippen molar-refractivity contribution in [2.24, 2.45) is 0 Å². The first-order chi connectivity index (χ1) is 16.3. The fraction of sp³-hybridized carbons (Fsp3) is 0.231. The lowest BCUT2D eigenvalue weighted by Gasteiger charge is -2.33. The molecule has 0 saturated heterocycles. The van der Waals surface area contributed by atoms with E-state index in [9.17, 15) is 29.4 Å². The van der Waals surface area contributed by atoms with Crippen LogP contribution in [0.5, 0.6) is 0 Å². The standard InChI is InChI=1S/C26H24N2O6/c1-27(11-13-29)21-19(23(31)15-7-3-5-9-17(15)25(21)33)20-22(28(2)12-14-30)26(34)18-10-6-4-8-16(18)24(20)32/h3-10,29-30H,11-14H2,1-2H3. The normalized spacial score (nSPS) is 15.5. The van der Waals surface area contributed by atoms with Crippen molar-refractivity contribution in [2.75, 3.05) is 40.4 Å². The zero-order chi connectivity index (χ0) is 24.6. The molecule has 2 aromatic carbocycles. The van der Waals surface area contributed by atoms with Gasteiger partial charge in [0.25, 0.3) is 0 Å². The number of hydrogen-bond acceptors (Lipinski definition) is 8. The van der Waals surface area contributed by atoms with Crippen LogP contribution in [0.2, 0.25) is 0 Å². The second-order valence-electron chi connectivity index (χ2n) is 8.15. The summed E-state index contributed by atoms with van der Waals surface area (Å²) in [5, 5.41) is 19.0. The van der Waals surface area contributed by atoms with Crippen LogP contribution in [0.15, 0.2) is 71.1 Å². The number of ketones is 4. The number of likely N-dealkylation sites (N-methyl/N-ethyl adjacent to an activating group) is 2. The number of rotatable bonds is 7.